The zero-order chi connectivity index (χ0) is 3.54. The first-order valence-corrected chi connectivity index (χ1v) is 1.80. The fourth-order valence-electron chi connectivity index (χ4n) is 0.108. The largest absolute Gasteiger partial charge is 0.240 e. The van der Waals surface area contributed by atoms with Gasteiger partial charge in [0.1, 0.15) is 6.34 Å². The smallest absolute Gasteiger partial charge is 0.166 e. The van der Waals surface area contributed by atoms with Crippen molar-refractivity contribution in [3.63, 3.8) is 0 Å². The van der Waals surface area contributed by atoms with Gasteiger partial charge in [-0.3, -0.25) is 0 Å². The van der Waals surface area contributed by atoms with E-state index in [4.69, 9.17) is 0 Å². The van der Waals surface area contributed by atoms with E-state index in [1.165, 1.54) is 6.34 Å². The van der Waals surface area contributed by atoms with E-state index >= 15 is 0 Å². The first-order chi connectivity index (χ1) is 2.50. The monoisotopic (exact) mass is 90.0 g/mol. The Hall–Kier alpha value is -0.220. The lowest BCUT2D eigenvalue weighted by atomic mass is 11.4. The molecule has 0 aromatic rings. The average molecular weight is 90.1 g/mol. The van der Waals surface area contributed by atoms with E-state index in [9.17, 15) is 0 Å². The lowest BCUT2D eigenvalue weighted by Gasteiger charge is -1.75. The molecule has 0 aliphatic carbocycles. The zero-order valence-corrected chi connectivity index (χ0v) is 3.16. The second kappa shape index (κ2) is 1.28. The van der Waals surface area contributed by atoms with Gasteiger partial charge in [0, 0.05) is 0 Å². The lowest BCUT2D eigenvalue weighted by molar-refractivity contribution is 0.332. The van der Waals surface area contributed by atoms with Crippen molar-refractivity contribution < 1.29 is 4.28 Å². The van der Waals surface area contributed by atoms with E-state index in [0.717, 1.165) is 12.2 Å². The highest BCUT2D eigenvalue weighted by atomic mass is 32.2. The minimum Gasteiger partial charge on any atom is -0.240 e. The van der Waals surface area contributed by atoms with Crippen LogP contribution in [0.3, 0.4) is 0 Å². The van der Waals surface area contributed by atoms with Gasteiger partial charge in [-0.1, -0.05) is 0 Å². The first kappa shape index (κ1) is 2.99. The molecule has 0 aromatic carbocycles. The van der Waals surface area contributed by atoms with E-state index in [1.54, 1.807) is 0 Å². The van der Waals surface area contributed by atoms with Gasteiger partial charge in [0.05, 0.1) is 0 Å². The van der Waals surface area contributed by atoms with E-state index in [-0.39, 0.29) is 0 Å². The molecule has 0 aromatic heterocycles. The Balaban J connectivity index is 2.32. The molecule has 5 heavy (non-hydrogen) atoms. The van der Waals surface area contributed by atoms with Crippen molar-refractivity contribution >= 4 is 18.6 Å². The molecule has 0 radical (unpaired) electrons. The second-order valence-corrected chi connectivity index (χ2v) is 1.04. The van der Waals surface area contributed by atoms with E-state index in [0.29, 0.717) is 0 Å². The van der Waals surface area contributed by atoms with Crippen LogP contribution in [0, 0.1) is 0 Å². The molecule has 0 saturated carbocycles. The summed E-state index contributed by atoms with van der Waals surface area (Å²) >= 11 is 1.03. The van der Waals surface area contributed by atoms with Gasteiger partial charge >= 0.3 is 0 Å². The van der Waals surface area contributed by atoms with Crippen molar-refractivity contribution in [2.45, 2.75) is 0 Å². The summed E-state index contributed by atoms with van der Waals surface area (Å²) in [6.07, 6.45) is 1.48. The van der Waals surface area contributed by atoms with Crippen molar-refractivity contribution in [1.82, 2.24) is 5.48 Å². The Bertz CT molecular complexity index is 47.6. The maximum atomic E-state index is 4.39. The van der Waals surface area contributed by atoms with Crippen LogP contribution in [0.4, 0.5) is 0 Å². The Morgan fingerprint density at radius 3 is 3.20 bits per heavy atom. The third-order valence-corrected chi connectivity index (χ3v) is 0.596. The Labute approximate surface area is 33.7 Å². The highest BCUT2D eigenvalue weighted by Gasteiger charge is 1.84. The summed E-state index contributed by atoms with van der Waals surface area (Å²) in [4.78, 5) is 0. The van der Waals surface area contributed by atoms with Gasteiger partial charge in [-0.25, -0.2) is 5.48 Å². The number of hydrogen-bond acceptors (Lipinski definition) is 4. The predicted molar refractivity (Wildman–Crippen MR) is 20.3 cm³/mol. The van der Waals surface area contributed by atoms with Crippen LogP contribution in [0.1, 0.15) is 0 Å². The summed E-state index contributed by atoms with van der Waals surface area (Å²) < 4.78 is 7.93. The molecule has 0 atom stereocenters. The number of hydroxylamine groups is 1. The molecule has 0 fully saturated rings. The van der Waals surface area contributed by atoms with Crippen LogP contribution in [-0.4, -0.2) is 6.34 Å². The molecule has 4 heteroatoms. The van der Waals surface area contributed by atoms with Crippen LogP contribution < -0.4 is 5.48 Å². The van der Waals surface area contributed by atoms with Crippen molar-refractivity contribution in [2.24, 2.45) is 4.40 Å². The third kappa shape index (κ3) is 0.524. The standard InChI is InChI=1S/CH2N2OS/c1-2-4-5-3-1/h1H,(H,2,3). The summed E-state index contributed by atoms with van der Waals surface area (Å²) in [7, 11) is 0. The highest BCUT2D eigenvalue weighted by Crippen LogP contribution is 2.01. The van der Waals surface area contributed by atoms with Gasteiger partial charge in [-0.05, 0) is 0 Å². The molecule has 1 aliphatic heterocycles. The van der Waals surface area contributed by atoms with Crippen molar-refractivity contribution in [1.29, 1.82) is 0 Å². The number of nitrogens with zero attached hydrogens (tertiary/aromatic N) is 1. The fraction of sp³-hybridized carbons (Fsp3) is 0. The first-order valence-electron chi connectivity index (χ1n) is 1.10. The van der Waals surface area contributed by atoms with Crippen molar-refractivity contribution in [3.8, 4) is 0 Å². The van der Waals surface area contributed by atoms with Gasteiger partial charge in [0.15, 0.2) is 12.2 Å². The summed E-state index contributed by atoms with van der Waals surface area (Å²) in [5.74, 6) is 0. The molecule has 1 aliphatic rings. The van der Waals surface area contributed by atoms with E-state index < -0.39 is 0 Å². The molecule has 0 unspecified atom stereocenters. The minimum absolute atomic E-state index is 1.03. The van der Waals surface area contributed by atoms with Crippen LogP contribution in [0.2, 0.25) is 0 Å². The van der Waals surface area contributed by atoms with E-state index in [1.807, 2.05) is 0 Å². The molecule has 1 N–H and O–H groups in total. The molecule has 1 heterocycles. The summed E-state index contributed by atoms with van der Waals surface area (Å²) in [5, 5.41) is 0. The molecule has 28 valence electrons. The topological polar surface area (TPSA) is 33.6 Å². The lowest BCUT2D eigenvalue weighted by Crippen LogP contribution is -1.97. The molecular formula is CH2N2OS. The SMILES string of the molecule is C1=NSON1. The zero-order valence-electron chi connectivity index (χ0n) is 2.34. The molecule has 0 saturated heterocycles. The second-order valence-electron chi connectivity index (χ2n) is 0.510. The average Bonchev–Trinajstić information content (AvgIpc) is 1.76. The maximum Gasteiger partial charge on any atom is 0.166 e. The van der Waals surface area contributed by atoms with Crippen LogP contribution >= 0.6 is 12.2 Å². The molecule has 1 rings (SSSR count). The normalized spacial score (nSPS) is 19.2. The van der Waals surface area contributed by atoms with Crippen LogP contribution in [0.5, 0.6) is 0 Å². The van der Waals surface area contributed by atoms with Gasteiger partial charge in [0.25, 0.3) is 0 Å². The van der Waals surface area contributed by atoms with Crippen LogP contribution in [0.15, 0.2) is 4.40 Å². The number of nitrogens with one attached hydrogen (secondary N) is 1. The summed E-state index contributed by atoms with van der Waals surface area (Å²) in [6, 6.07) is 0. The molecule has 0 bridgehead atoms. The van der Waals surface area contributed by atoms with Crippen molar-refractivity contribution in [2.75, 3.05) is 0 Å². The summed E-state index contributed by atoms with van der Waals surface area (Å²) in [5.41, 5.74) is 2.39. The quantitative estimate of drug-likeness (QED) is 0.338. The fourth-order valence-corrected chi connectivity index (χ4v) is 0.323. The Morgan fingerprint density at radius 1 is 2.00 bits per heavy atom. The van der Waals surface area contributed by atoms with E-state index in [2.05, 4.69) is 14.2 Å². The van der Waals surface area contributed by atoms with Crippen LogP contribution in [-0.2, 0) is 4.28 Å². The number of hydrogen-bond donors (Lipinski definition) is 1. The molecule has 0 spiro atoms. The summed E-state index contributed by atoms with van der Waals surface area (Å²) in [6.45, 7) is 0. The predicted octanol–water partition coefficient (Wildman–Crippen LogP) is 0.113. The third-order valence-electron chi connectivity index (χ3n) is 0.234. The Kier molecular flexibility index (Phi) is 0.764. The van der Waals surface area contributed by atoms with Crippen molar-refractivity contribution in [3.05, 3.63) is 0 Å². The molecule has 3 nitrogen and oxygen atoms in total. The van der Waals surface area contributed by atoms with Gasteiger partial charge < -0.3 is 0 Å². The molecular weight excluding hydrogens is 88.1 g/mol. The van der Waals surface area contributed by atoms with Gasteiger partial charge in [-0.15, -0.1) is 0 Å². The minimum atomic E-state index is 1.03. The van der Waals surface area contributed by atoms with Gasteiger partial charge in [-0.2, -0.15) is 8.68 Å². The van der Waals surface area contributed by atoms with Gasteiger partial charge in [0.2, 0.25) is 0 Å². The number of rotatable bonds is 0. The molecule has 0 amide bonds. The highest BCUT2D eigenvalue weighted by molar-refractivity contribution is 7.93. The Morgan fingerprint density at radius 2 is 3.00 bits per heavy atom. The van der Waals surface area contributed by atoms with Crippen LogP contribution in [0.25, 0.3) is 0 Å². The maximum absolute atomic E-state index is 4.39.